The third kappa shape index (κ3) is 4.16. The third-order valence-corrected chi connectivity index (χ3v) is 5.58. The fourth-order valence-electron chi connectivity index (χ4n) is 3.68. The van der Waals surface area contributed by atoms with Crippen LogP contribution in [0.2, 0.25) is 5.02 Å². The maximum Gasteiger partial charge on any atom is 0.292 e. The summed E-state index contributed by atoms with van der Waals surface area (Å²) in [6.07, 6.45) is 1.68. The third-order valence-electron chi connectivity index (χ3n) is 5.22. The van der Waals surface area contributed by atoms with Gasteiger partial charge in [-0.25, -0.2) is 0 Å². The van der Waals surface area contributed by atoms with Gasteiger partial charge in [0.2, 0.25) is 0 Å². The molecular formula is C22H21ClN5O+. The van der Waals surface area contributed by atoms with Gasteiger partial charge in [-0.2, -0.15) is 15.0 Å². The molecule has 0 unspecified atom stereocenters. The van der Waals surface area contributed by atoms with E-state index in [-0.39, 0.29) is 10.6 Å². The molecule has 0 atom stereocenters. The number of piperazine rings is 1. The average molecular weight is 407 g/mol. The summed E-state index contributed by atoms with van der Waals surface area (Å²) in [4.78, 5) is 16.3. The van der Waals surface area contributed by atoms with E-state index in [9.17, 15) is 4.79 Å². The van der Waals surface area contributed by atoms with Gasteiger partial charge in [-0.1, -0.05) is 41.9 Å². The minimum absolute atomic E-state index is 0.203. The molecule has 0 aliphatic carbocycles. The Bertz CT molecular complexity index is 1100. The lowest BCUT2D eigenvalue weighted by atomic mass is 10.1. The number of aromatic nitrogens is 2. The highest BCUT2D eigenvalue weighted by Crippen LogP contribution is 2.21. The molecular weight excluding hydrogens is 386 g/mol. The molecule has 1 aliphatic rings. The fourth-order valence-corrected chi connectivity index (χ4v) is 3.93. The van der Waals surface area contributed by atoms with Crippen LogP contribution >= 0.6 is 11.6 Å². The smallest absolute Gasteiger partial charge is 0.292 e. The molecule has 0 saturated carbocycles. The highest BCUT2D eigenvalue weighted by atomic mass is 35.5. The number of anilines is 1. The molecule has 1 aromatic heterocycles. The van der Waals surface area contributed by atoms with Gasteiger partial charge in [-0.05, 0) is 24.3 Å². The number of halogens is 1. The first kappa shape index (κ1) is 19.2. The summed E-state index contributed by atoms with van der Waals surface area (Å²) in [6, 6.07) is 19.2. The average Bonchev–Trinajstić information content (AvgIpc) is 2.77. The number of nitriles is 1. The molecule has 146 valence electrons. The van der Waals surface area contributed by atoms with Crippen molar-refractivity contribution >= 4 is 17.3 Å². The van der Waals surface area contributed by atoms with Crippen molar-refractivity contribution in [2.24, 2.45) is 0 Å². The zero-order valence-corrected chi connectivity index (χ0v) is 16.6. The number of para-hydroxylation sites is 1. The lowest BCUT2D eigenvalue weighted by Crippen LogP contribution is -3.13. The Kier molecular flexibility index (Phi) is 5.61. The van der Waals surface area contributed by atoms with E-state index in [2.05, 4.69) is 22.1 Å². The number of nitrogens with zero attached hydrogens (tertiary/aromatic N) is 4. The Hall–Kier alpha value is -3.14. The predicted molar refractivity (Wildman–Crippen MR) is 113 cm³/mol. The first-order valence-electron chi connectivity index (χ1n) is 9.56. The van der Waals surface area contributed by atoms with E-state index >= 15 is 0 Å². The SMILES string of the molecule is N#Cc1cccc(C[NH+]2CCN(c3cnn(-c4ccccc4)c(=O)c3Cl)CC2)c1. The first-order chi connectivity index (χ1) is 14.2. The van der Waals surface area contributed by atoms with Crippen molar-refractivity contribution in [2.75, 3.05) is 31.1 Å². The van der Waals surface area contributed by atoms with Crippen LogP contribution in [0.15, 0.2) is 65.6 Å². The molecule has 29 heavy (non-hydrogen) atoms. The summed E-state index contributed by atoms with van der Waals surface area (Å²) in [7, 11) is 0. The number of benzene rings is 2. The molecule has 3 aromatic rings. The van der Waals surface area contributed by atoms with Crippen LogP contribution in [0.1, 0.15) is 11.1 Å². The van der Waals surface area contributed by atoms with Gasteiger partial charge in [0.15, 0.2) is 0 Å². The quantitative estimate of drug-likeness (QED) is 0.715. The van der Waals surface area contributed by atoms with Crippen molar-refractivity contribution in [1.82, 2.24) is 9.78 Å². The van der Waals surface area contributed by atoms with E-state index in [0.717, 1.165) is 38.3 Å². The summed E-state index contributed by atoms with van der Waals surface area (Å²) in [5.74, 6) is 0. The van der Waals surface area contributed by atoms with Crippen LogP contribution in [0, 0.1) is 11.3 Å². The topological polar surface area (TPSA) is 66.4 Å². The van der Waals surface area contributed by atoms with Crippen molar-refractivity contribution in [3.05, 3.63) is 87.3 Å². The Morgan fingerprint density at radius 2 is 1.86 bits per heavy atom. The van der Waals surface area contributed by atoms with Gasteiger partial charge < -0.3 is 9.80 Å². The Balaban J connectivity index is 1.45. The lowest BCUT2D eigenvalue weighted by Gasteiger charge is -2.33. The first-order valence-corrected chi connectivity index (χ1v) is 9.94. The van der Waals surface area contributed by atoms with E-state index in [0.29, 0.717) is 16.9 Å². The summed E-state index contributed by atoms with van der Waals surface area (Å²) in [5, 5.41) is 13.6. The Morgan fingerprint density at radius 3 is 2.59 bits per heavy atom. The molecule has 2 aromatic carbocycles. The van der Waals surface area contributed by atoms with Crippen molar-refractivity contribution < 1.29 is 4.90 Å². The van der Waals surface area contributed by atoms with Crippen molar-refractivity contribution in [1.29, 1.82) is 5.26 Å². The molecule has 1 aliphatic heterocycles. The van der Waals surface area contributed by atoms with Crippen LogP contribution in [0.5, 0.6) is 0 Å². The summed E-state index contributed by atoms with van der Waals surface area (Å²) >= 11 is 6.43. The highest BCUT2D eigenvalue weighted by molar-refractivity contribution is 6.33. The number of rotatable bonds is 4. The zero-order valence-electron chi connectivity index (χ0n) is 15.9. The fraction of sp³-hybridized carbons (Fsp3) is 0.227. The molecule has 4 rings (SSSR count). The van der Waals surface area contributed by atoms with E-state index < -0.39 is 0 Å². The molecule has 7 heteroatoms. The van der Waals surface area contributed by atoms with Gasteiger partial charge in [-0.3, -0.25) is 4.79 Å². The zero-order chi connectivity index (χ0) is 20.2. The van der Waals surface area contributed by atoms with E-state index in [1.165, 1.54) is 9.58 Å². The maximum atomic E-state index is 12.7. The molecule has 0 radical (unpaired) electrons. The normalized spacial score (nSPS) is 14.6. The molecule has 0 spiro atoms. The summed E-state index contributed by atoms with van der Waals surface area (Å²) in [6.45, 7) is 4.32. The van der Waals surface area contributed by atoms with Gasteiger partial charge in [0.1, 0.15) is 11.6 Å². The molecule has 1 fully saturated rings. The van der Waals surface area contributed by atoms with Crippen LogP contribution < -0.4 is 15.4 Å². The van der Waals surface area contributed by atoms with Crippen LogP contribution in [-0.4, -0.2) is 36.0 Å². The number of hydrogen-bond donors (Lipinski definition) is 1. The molecule has 6 nitrogen and oxygen atoms in total. The van der Waals surface area contributed by atoms with Gasteiger partial charge in [0, 0.05) is 5.56 Å². The minimum atomic E-state index is -0.307. The second kappa shape index (κ2) is 8.48. The number of nitrogens with one attached hydrogen (secondary N) is 1. The molecule has 1 N–H and O–H groups in total. The van der Waals surface area contributed by atoms with E-state index in [4.69, 9.17) is 16.9 Å². The second-order valence-corrected chi connectivity index (χ2v) is 7.50. The predicted octanol–water partition coefficient (Wildman–Crippen LogP) is 1.66. The van der Waals surface area contributed by atoms with E-state index in [1.54, 1.807) is 6.20 Å². The van der Waals surface area contributed by atoms with Crippen LogP contribution in [-0.2, 0) is 6.54 Å². The largest absolute Gasteiger partial charge is 0.358 e. The summed E-state index contributed by atoms with van der Waals surface area (Å²) in [5.41, 5.74) is 2.93. The molecule has 2 heterocycles. The van der Waals surface area contributed by atoms with Gasteiger partial charge in [-0.15, -0.1) is 0 Å². The maximum absolute atomic E-state index is 12.7. The second-order valence-electron chi connectivity index (χ2n) is 7.12. The van der Waals surface area contributed by atoms with Crippen LogP contribution in [0.4, 0.5) is 5.69 Å². The van der Waals surface area contributed by atoms with Crippen molar-refractivity contribution in [2.45, 2.75) is 6.54 Å². The van der Waals surface area contributed by atoms with E-state index in [1.807, 2.05) is 48.5 Å². The Labute approximate surface area is 174 Å². The number of quaternary nitrogens is 1. The van der Waals surface area contributed by atoms with Crippen molar-refractivity contribution in [3.63, 3.8) is 0 Å². The molecule has 1 saturated heterocycles. The molecule has 0 amide bonds. The number of hydrogen-bond acceptors (Lipinski definition) is 4. The Morgan fingerprint density at radius 1 is 1.10 bits per heavy atom. The lowest BCUT2D eigenvalue weighted by molar-refractivity contribution is -0.914. The minimum Gasteiger partial charge on any atom is -0.358 e. The van der Waals surface area contributed by atoms with Gasteiger partial charge in [0.05, 0.1) is 55.4 Å². The standard InChI is InChI=1S/C22H20ClN5O/c23-21-20(15-25-28(22(21)29)19-7-2-1-3-8-19)27-11-9-26(10-12-27)16-18-6-4-5-17(13-18)14-24/h1-8,13,15H,9-12,16H2/p+1. The monoisotopic (exact) mass is 406 g/mol. The van der Waals surface area contributed by atoms with Crippen LogP contribution in [0.3, 0.4) is 0 Å². The van der Waals surface area contributed by atoms with Crippen molar-refractivity contribution in [3.8, 4) is 11.8 Å². The summed E-state index contributed by atoms with van der Waals surface area (Å²) < 4.78 is 1.33. The van der Waals surface area contributed by atoms with Gasteiger partial charge >= 0.3 is 0 Å². The van der Waals surface area contributed by atoms with Crippen LogP contribution in [0.25, 0.3) is 5.69 Å². The highest BCUT2D eigenvalue weighted by Gasteiger charge is 2.24. The molecule has 0 bridgehead atoms. The van der Waals surface area contributed by atoms with Gasteiger partial charge in [0.25, 0.3) is 5.56 Å².